The molecule has 4 nitrogen and oxygen atoms in total. The molecule has 98 valence electrons. The van der Waals surface area contributed by atoms with Crippen molar-refractivity contribution in [1.29, 1.82) is 0 Å². The molecule has 3 N–H and O–H groups in total. The summed E-state index contributed by atoms with van der Waals surface area (Å²) in [5.74, 6) is 0.210. The van der Waals surface area contributed by atoms with Gasteiger partial charge in [0.15, 0.2) is 0 Å². The average Bonchev–Trinajstić information content (AvgIpc) is 2.29. The van der Waals surface area contributed by atoms with Gasteiger partial charge < -0.3 is 15.8 Å². The van der Waals surface area contributed by atoms with Gasteiger partial charge in [0, 0.05) is 5.02 Å². The summed E-state index contributed by atoms with van der Waals surface area (Å²) in [6.45, 7) is 3.31. The van der Waals surface area contributed by atoms with E-state index in [0.29, 0.717) is 16.5 Å². The highest BCUT2D eigenvalue weighted by atomic mass is 35.5. The van der Waals surface area contributed by atoms with Crippen molar-refractivity contribution in [2.45, 2.75) is 13.8 Å². The van der Waals surface area contributed by atoms with Crippen molar-refractivity contribution < 1.29 is 9.53 Å². The molecule has 0 heterocycles. The van der Waals surface area contributed by atoms with Crippen LogP contribution in [0, 0.1) is 5.41 Å². The number of carbonyl (C=O) groups is 1. The first kappa shape index (κ1) is 14.7. The summed E-state index contributed by atoms with van der Waals surface area (Å²) in [5.41, 5.74) is 5.08. The van der Waals surface area contributed by atoms with Crippen LogP contribution in [0.5, 0.6) is 5.75 Å². The molecular formula is C12H15ClN2O2S. The zero-order valence-electron chi connectivity index (χ0n) is 10.4. The molecule has 1 aromatic rings. The van der Waals surface area contributed by atoms with Crippen LogP contribution >= 0.6 is 23.8 Å². The molecule has 1 aromatic carbocycles. The van der Waals surface area contributed by atoms with E-state index in [2.05, 4.69) is 5.32 Å². The van der Waals surface area contributed by atoms with Gasteiger partial charge in [0.05, 0.1) is 23.2 Å². The molecule has 0 aliphatic carbocycles. The molecule has 0 saturated heterocycles. The number of amides is 1. The van der Waals surface area contributed by atoms with E-state index in [9.17, 15) is 4.79 Å². The lowest BCUT2D eigenvalue weighted by atomic mass is 9.92. The Balaban J connectivity index is 3.01. The Labute approximate surface area is 116 Å². The van der Waals surface area contributed by atoms with Crippen LogP contribution < -0.4 is 15.8 Å². The Hall–Kier alpha value is -1.33. The van der Waals surface area contributed by atoms with Crippen LogP contribution in [0.15, 0.2) is 18.2 Å². The Morgan fingerprint density at radius 1 is 1.50 bits per heavy atom. The molecule has 6 heteroatoms. The lowest BCUT2D eigenvalue weighted by molar-refractivity contribution is -0.121. The molecule has 0 atom stereocenters. The lowest BCUT2D eigenvalue weighted by Gasteiger charge is -2.22. The minimum Gasteiger partial charge on any atom is -0.495 e. The number of rotatable bonds is 4. The van der Waals surface area contributed by atoms with E-state index in [4.69, 9.17) is 34.3 Å². The number of methoxy groups -OCH3 is 1. The molecule has 0 radical (unpaired) electrons. The number of ether oxygens (including phenoxy) is 1. The molecule has 0 aromatic heterocycles. The maximum absolute atomic E-state index is 12.1. The second-order valence-electron chi connectivity index (χ2n) is 4.29. The Morgan fingerprint density at radius 3 is 2.61 bits per heavy atom. The summed E-state index contributed by atoms with van der Waals surface area (Å²) in [6.07, 6.45) is 0. The summed E-state index contributed by atoms with van der Waals surface area (Å²) in [4.78, 5) is 12.2. The predicted octanol–water partition coefficient (Wildman–Crippen LogP) is 2.60. The fourth-order valence-corrected chi connectivity index (χ4v) is 1.43. The van der Waals surface area contributed by atoms with E-state index in [1.54, 1.807) is 32.0 Å². The van der Waals surface area contributed by atoms with E-state index in [-0.39, 0.29) is 10.9 Å². The summed E-state index contributed by atoms with van der Waals surface area (Å²) < 4.78 is 5.14. The summed E-state index contributed by atoms with van der Waals surface area (Å²) in [6, 6.07) is 4.95. The number of hydrogen-bond acceptors (Lipinski definition) is 3. The Kier molecular flexibility index (Phi) is 4.53. The van der Waals surface area contributed by atoms with Gasteiger partial charge >= 0.3 is 0 Å². The second kappa shape index (κ2) is 5.54. The smallest absolute Gasteiger partial charge is 0.236 e. The summed E-state index contributed by atoms with van der Waals surface area (Å²) in [7, 11) is 1.51. The van der Waals surface area contributed by atoms with E-state index < -0.39 is 5.41 Å². The highest BCUT2D eigenvalue weighted by Crippen LogP contribution is 2.29. The van der Waals surface area contributed by atoms with Crippen molar-refractivity contribution in [2.24, 2.45) is 11.1 Å². The standard InChI is InChI=1S/C12H15ClN2O2S/c1-12(2,10(14)18)11(16)15-8-6-7(13)4-5-9(8)17-3/h4-6H,1-3H3,(H2,14,18)(H,15,16). The van der Waals surface area contributed by atoms with Gasteiger partial charge in [-0.1, -0.05) is 23.8 Å². The van der Waals surface area contributed by atoms with Gasteiger partial charge in [0.2, 0.25) is 5.91 Å². The SMILES string of the molecule is COc1ccc(Cl)cc1NC(=O)C(C)(C)C(N)=S. The van der Waals surface area contributed by atoms with Crippen molar-refractivity contribution in [3.05, 3.63) is 23.2 Å². The van der Waals surface area contributed by atoms with Gasteiger partial charge in [0.1, 0.15) is 5.75 Å². The van der Waals surface area contributed by atoms with Crippen molar-refractivity contribution in [1.82, 2.24) is 0 Å². The maximum Gasteiger partial charge on any atom is 0.236 e. The highest BCUT2D eigenvalue weighted by molar-refractivity contribution is 7.80. The average molecular weight is 287 g/mol. The fourth-order valence-electron chi connectivity index (χ4n) is 1.17. The zero-order valence-corrected chi connectivity index (χ0v) is 12.0. The van der Waals surface area contributed by atoms with Gasteiger partial charge in [-0.05, 0) is 32.0 Å². The van der Waals surface area contributed by atoms with E-state index in [1.807, 2.05) is 0 Å². The number of halogens is 1. The third kappa shape index (κ3) is 3.11. The van der Waals surface area contributed by atoms with Gasteiger partial charge in [-0.2, -0.15) is 0 Å². The molecule has 0 fully saturated rings. The number of carbonyl (C=O) groups excluding carboxylic acids is 1. The van der Waals surface area contributed by atoms with E-state index >= 15 is 0 Å². The van der Waals surface area contributed by atoms with Crippen LogP contribution in [0.2, 0.25) is 5.02 Å². The highest BCUT2D eigenvalue weighted by Gasteiger charge is 2.31. The number of hydrogen-bond donors (Lipinski definition) is 2. The second-order valence-corrected chi connectivity index (χ2v) is 5.16. The minimum atomic E-state index is -0.942. The first-order valence-corrected chi connectivity index (χ1v) is 6.02. The summed E-state index contributed by atoms with van der Waals surface area (Å²) >= 11 is 10.7. The van der Waals surface area contributed by atoms with Crippen LogP contribution in [-0.4, -0.2) is 18.0 Å². The van der Waals surface area contributed by atoms with Crippen molar-refractivity contribution in [2.75, 3.05) is 12.4 Å². The molecule has 0 bridgehead atoms. The topological polar surface area (TPSA) is 64.3 Å². The number of anilines is 1. The van der Waals surface area contributed by atoms with Crippen LogP contribution in [0.25, 0.3) is 0 Å². The first-order chi connectivity index (χ1) is 8.28. The zero-order chi connectivity index (χ0) is 13.9. The van der Waals surface area contributed by atoms with Gasteiger partial charge in [-0.3, -0.25) is 4.79 Å². The van der Waals surface area contributed by atoms with E-state index in [0.717, 1.165) is 0 Å². The molecule has 0 aliphatic rings. The minimum absolute atomic E-state index is 0.126. The predicted molar refractivity (Wildman–Crippen MR) is 77.2 cm³/mol. The largest absolute Gasteiger partial charge is 0.495 e. The van der Waals surface area contributed by atoms with Gasteiger partial charge in [-0.25, -0.2) is 0 Å². The molecule has 1 amide bonds. The van der Waals surface area contributed by atoms with Crippen LogP contribution in [0.4, 0.5) is 5.69 Å². The first-order valence-electron chi connectivity index (χ1n) is 5.24. The fraction of sp³-hybridized carbons (Fsp3) is 0.333. The monoisotopic (exact) mass is 286 g/mol. The lowest BCUT2D eigenvalue weighted by Crippen LogP contribution is -2.41. The molecule has 1 rings (SSSR count). The Bertz CT molecular complexity index is 489. The van der Waals surface area contributed by atoms with Gasteiger partial charge in [-0.15, -0.1) is 0 Å². The summed E-state index contributed by atoms with van der Waals surface area (Å²) in [5, 5.41) is 3.21. The van der Waals surface area contributed by atoms with Crippen LogP contribution in [0.1, 0.15) is 13.8 Å². The van der Waals surface area contributed by atoms with Crippen molar-refractivity contribution >= 4 is 40.4 Å². The molecular weight excluding hydrogens is 272 g/mol. The number of nitrogens with one attached hydrogen (secondary N) is 1. The van der Waals surface area contributed by atoms with Gasteiger partial charge in [0.25, 0.3) is 0 Å². The quantitative estimate of drug-likeness (QED) is 0.835. The molecule has 0 spiro atoms. The van der Waals surface area contributed by atoms with Crippen molar-refractivity contribution in [3.63, 3.8) is 0 Å². The van der Waals surface area contributed by atoms with Crippen LogP contribution in [-0.2, 0) is 4.79 Å². The maximum atomic E-state index is 12.1. The Morgan fingerprint density at radius 2 is 2.11 bits per heavy atom. The normalized spacial score (nSPS) is 10.9. The molecule has 0 aliphatic heterocycles. The van der Waals surface area contributed by atoms with Crippen LogP contribution in [0.3, 0.4) is 0 Å². The molecule has 0 saturated carbocycles. The van der Waals surface area contributed by atoms with E-state index in [1.165, 1.54) is 7.11 Å². The molecule has 0 unspecified atom stereocenters. The number of benzene rings is 1. The number of nitrogens with two attached hydrogens (primary N) is 1. The third-order valence-electron chi connectivity index (χ3n) is 2.59. The number of thiocarbonyl (C=S) groups is 1. The third-order valence-corrected chi connectivity index (χ3v) is 3.34. The van der Waals surface area contributed by atoms with Crippen molar-refractivity contribution in [3.8, 4) is 5.75 Å². The molecule has 18 heavy (non-hydrogen) atoms.